The number of likely N-dealkylation sites (tertiary alicyclic amines) is 1. The minimum absolute atomic E-state index is 0.0203. The lowest BCUT2D eigenvalue weighted by atomic mass is 9.93. The number of benzene rings is 1. The van der Waals surface area contributed by atoms with Crippen LogP contribution in [0, 0.1) is 5.92 Å². The lowest BCUT2D eigenvalue weighted by molar-refractivity contribution is -0.133. The van der Waals surface area contributed by atoms with Crippen LogP contribution in [0.15, 0.2) is 59.2 Å². The zero-order valence-electron chi connectivity index (χ0n) is 18.7. The maximum absolute atomic E-state index is 12.8. The SMILES string of the molecule is O=C(C=Cc1ccco1)N1CCCC(CCC(=O)N2CCN(Cc3ccccc3)CC2)C1. The van der Waals surface area contributed by atoms with Gasteiger partial charge in [0.05, 0.1) is 6.26 Å². The van der Waals surface area contributed by atoms with E-state index in [4.69, 9.17) is 4.42 Å². The Morgan fingerprint density at radius 2 is 1.78 bits per heavy atom. The van der Waals surface area contributed by atoms with Crippen LogP contribution in [0.1, 0.15) is 37.0 Å². The first-order valence-electron chi connectivity index (χ1n) is 11.7. The molecule has 6 heteroatoms. The maximum Gasteiger partial charge on any atom is 0.246 e. The fraction of sp³-hybridized carbons (Fsp3) is 0.462. The van der Waals surface area contributed by atoms with E-state index < -0.39 is 0 Å². The van der Waals surface area contributed by atoms with Crippen LogP contribution < -0.4 is 0 Å². The molecule has 3 heterocycles. The Labute approximate surface area is 190 Å². The number of hydrogen-bond acceptors (Lipinski definition) is 4. The molecule has 0 radical (unpaired) electrons. The van der Waals surface area contributed by atoms with Gasteiger partial charge >= 0.3 is 0 Å². The number of piperidine rings is 1. The van der Waals surface area contributed by atoms with E-state index in [-0.39, 0.29) is 11.8 Å². The van der Waals surface area contributed by atoms with Crippen LogP contribution >= 0.6 is 0 Å². The Bertz CT molecular complexity index is 886. The molecule has 0 bridgehead atoms. The highest BCUT2D eigenvalue weighted by Gasteiger charge is 2.25. The molecular formula is C26H33N3O3. The molecule has 2 amide bonds. The summed E-state index contributed by atoms with van der Waals surface area (Å²) in [6, 6.07) is 14.1. The number of rotatable bonds is 7. The summed E-state index contributed by atoms with van der Waals surface area (Å²) in [5.74, 6) is 1.35. The van der Waals surface area contributed by atoms with E-state index in [0.29, 0.717) is 18.1 Å². The second kappa shape index (κ2) is 11.1. The summed E-state index contributed by atoms with van der Waals surface area (Å²) in [6.07, 6.45) is 8.42. The van der Waals surface area contributed by atoms with Crippen molar-refractivity contribution in [2.24, 2.45) is 5.92 Å². The van der Waals surface area contributed by atoms with E-state index in [0.717, 1.165) is 65.1 Å². The zero-order valence-corrected chi connectivity index (χ0v) is 18.7. The molecule has 0 spiro atoms. The molecule has 4 rings (SSSR count). The van der Waals surface area contributed by atoms with Crippen molar-refractivity contribution in [1.82, 2.24) is 14.7 Å². The average Bonchev–Trinajstić information content (AvgIpc) is 3.36. The van der Waals surface area contributed by atoms with Crippen molar-refractivity contribution < 1.29 is 14.0 Å². The summed E-state index contributed by atoms with van der Waals surface area (Å²) in [5, 5.41) is 0. The Morgan fingerprint density at radius 3 is 2.53 bits per heavy atom. The first-order chi connectivity index (χ1) is 15.7. The molecular weight excluding hydrogens is 402 g/mol. The number of carbonyl (C=O) groups is 2. The molecule has 2 aliphatic heterocycles. The number of carbonyl (C=O) groups excluding carboxylic acids is 2. The monoisotopic (exact) mass is 435 g/mol. The molecule has 32 heavy (non-hydrogen) atoms. The van der Waals surface area contributed by atoms with Gasteiger partial charge in [-0.2, -0.15) is 0 Å². The van der Waals surface area contributed by atoms with Crippen LogP contribution in [0.2, 0.25) is 0 Å². The average molecular weight is 436 g/mol. The fourth-order valence-corrected chi connectivity index (χ4v) is 4.63. The lowest BCUT2D eigenvalue weighted by Crippen LogP contribution is -2.48. The molecule has 1 aromatic heterocycles. The van der Waals surface area contributed by atoms with Gasteiger partial charge in [-0.1, -0.05) is 30.3 Å². The molecule has 170 valence electrons. The van der Waals surface area contributed by atoms with E-state index in [1.54, 1.807) is 24.5 Å². The minimum atomic E-state index is 0.0203. The van der Waals surface area contributed by atoms with Gasteiger partial charge in [-0.15, -0.1) is 0 Å². The van der Waals surface area contributed by atoms with Gasteiger partial charge in [0.15, 0.2) is 0 Å². The van der Waals surface area contributed by atoms with E-state index in [1.165, 1.54) is 5.56 Å². The summed E-state index contributed by atoms with van der Waals surface area (Å²) in [6.45, 7) is 5.93. The van der Waals surface area contributed by atoms with E-state index >= 15 is 0 Å². The van der Waals surface area contributed by atoms with Crippen LogP contribution in [0.25, 0.3) is 6.08 Å². The summed E-state index contributed by atoms with van der Waals surface area (Å²) < 4.78 is 5.25. The Hall–Kier alpha value is -2.86. The van der Waals surface area contributed by atoms with Gasteiger partial charge in [-0.05, 0) is 49.0 Å². The summed E-state index contributed by atoms with van der Waals surface area (Å²) in [5.41, 5.74) is 1.32. The van der Waals surface area contributed by atoms with Gasteiger partial charge in [0.1, 0.15) is 5.76 Å². The third-order valence-corrected chi connectivity index (χ3v) is 6.50. The van der Waals surface area contributed by atoms with E-state index in [1.807, 2.05) is 21.9 Å². The Balaban J connectivity index is 1.17. The number of amides is 2. The van der Waals surface area contributed by atoms with Crippen molar-refractivity contribution in [2.75, 3.05) is 39.3 Å². The molecule has 1 unspecified atom stereocenters. The van der Waals surface area contributed by atoms with Crippen molar-refractivity contribution in [3.05, 3.63) is 66.1 Å². The molecule has 0 saturated carbocycles. The standard InChI is InChI=1S/C26H33N3O3/c30-25(28-17-15-27(16-18-28)20-22-6-2-1-3-7-22)12-10-23-8-4-14-29(21-23)26(31)13-11-24-9-5-19-32-24/h1-3,5-7,9,11,13,19,23H,4,8,10,12,14-18,20-21H2. The first kappa shape index (κ1) is 22.3. The molecule has 0 aliphatic carbocycles. The minimum Gasteiger partial charge on any atom is -0.465 e. The van der Waals surface area contributed by atoms with Crippen LogP contribution in [0.3, 0.4) is 0 Å². The van der Waals surface area contributed by atoms with Crippen LogP contribution in [0.5, 0.6) is 0 Å². The second-order valence-corrected chi connectivity index (χ2v) is 8.82. The highest BCUT2D eigenvalue weighted by molar-refractivity contribution is 5.91. The molecule has 1 atom stereocenters. The predicted octanol–water partition coefficient (Wildman–Crippen LogP) is 3.66. The highest BCUT2D eigenvalue weighted by atomic mass is 16.3. The van der Waals surface area contributed by atoms with E-state index in [2.05, 4.69) is 29.2 Å². The number of nitrogens with zero attached hydrogens (tertiary/aromatic N) is 3. The smallest absolute Gasteiger partial charge is 0.246 e. The second-order valence-electron chi connectivity index (χ2n) is 8.82. The lowest BCUT2D eigenvalue weighted by Gasteiger charge is -2.36. The topological polar surface area (TPSA) is 57.0 Å². The quantitative estimate of drug-likeness (QED) is 0.623. The summed E-state index contributed by atoms with van der Waals surface area (Å²) in [7, 11) is 0. The molecule has 1 aromatic carbocycles. The third-order valence-electron chi connectivity index (χ3n) is 6.50. The highest BCUT2D eigenvalue weighted by Crippen LogP contribution is 2.22. The van der Waals surface area contributed by atoms with Gasteiger partial charge < -0.3 is 14.2 Å². The summed E-state index contributed by atoms with van der Waals surface area (Å²) >= 11 is 0. The molecule has 0 N–H and O–H groups in total. The molecule has 2 aromatic rings. The number of furan rings is 1. The molecule has 6 nitrogen and oxygen atoms in total. The van der Waals surface area contributed by atoms with Crippen molar-refractivity contribution in [2.45, 2.75) is 32.2 Å². The fourth-order valence-electron chi connectivity index (χ4n) is 4.63. The molecule has 2 saturated heterocycles. The van der Waals surface area contributed by atoms with Crippen LogP contribution in [-0.2, 0) is 16.1 Å². The number of hydrogen-bond donors (Lipinski definition) is 0. The zero-order chi connectivity index (χ0) is 22.2. The van der Waals surface area contributed by atoms with Gasteiger partial charge in [0.2, 0.25) is 11.8 Å². The third kappa shape index (κ3) is 6.33. The first-order valence-corrected chi connectivity index (χ1v) is 11.7. The predicted molar refractivity (Wildman–Crippen MR) is 125 cm³/mol. The molecule has 2 aliphatic rings. The maximum atomic E-state index is 12.8. The van der Waals surface area contributed by atoms with Gasteiger partial charge in [0, 0.05) is 58.3 Å². The summed E-state index contributed by atoms with van der Waals surface area (Å²) in [4.78, 5) is 31.6. The molecule has 2 fully saturated rings. The van der Waals surface area contributed by atoms with Crippen molar-refractivity contribution in [3.63, 3.8) is 0 Å². The van der Waals surface area contributed by atoms with Crippen LogP contribution in [-0.4, -0.2) is 65.8 Å². The van der Waals surface area contributed by atoms with Crippen LogP contribution in [0.4, 0.5) is 0 Å². The normalized spacial score (nSPS) is 20.1. The Kier molecular flexibility index (Phi) is 7.77. The van der Waals surface area contributed by atoms with Crippen molar-refractivity contribution in [3.8, 4) is 0 Å². The van der Waals surface area contributed by atoms with Crippen molar-refractivity contribution >= 4 is 17.9 Å². The largest absolute Gasteiger partial charge is 0.465 e. The van der Waals surface area contributed by atoms with Gasteiger partial charge in [-0.25, -0.2) is 0 Å². The Morgan fingerprint density at radius 1 is 0.969 bits per heavy atom. The van der Waals surface area contributed by atoms with Gasteiger partial charge in [-0.3, -0.25) is 14.5 Å². The van der Waals surface area contributed by atoms with Crippen molar-refractivity contribution in [1.29, 1.82) is 0 Å². The van der Waals surface area contributed by atoms with E-state index in [9.17, 15) is 9.59 Å². The number of piperazine rings is 1. The van der Waals surface area contributed by atoms with Gasteiger partial charge in [0.25, 0.3) is 0 Å².